The van der Waals surface area contributed by atoms with Gasteiger partial charge in [0.2, 0.25) is 5.12 Å². The molecule has 4 nitrogen and oxygen atoms in total. The van der Waals surface area contributed by atoms with E-state index in [0.717, 1.165) is 25.9 Å². The number of thiol groups is 1. The molecular formula is C45H91NO3S. The van der Waals surface area contributed by atoms with Crippen molar-refractivity contribution in [1.29, 1.82) is 0 Å². The summed E-state index contributed by atoms with van der Waals surface area (Å²) in [5, 5.41) is 2.49. The lowest BCUT2D eigenvalue weighted by Crippen LogP contribution is -2.40. The van der Waals surface area contributed by atoms with Crippen molar-refractivity contribution in [2.45, 2.75) is 241 Å². The first-order valence-electron chi connectivity index (χ1n) is 21.5. The van der Waals surface area contributed by atoms with E-state index in [0.29, 0.717) is 35.9 Å². The summed E-state index contributed by atoms with van der Waals surface area (Å²) in [6.45, 7) is 25.2. The Kier molecular flexibility index (Phi) is 30.0. The largest absolute Gasteiger partial charge is 0.366 e. The standard InChI is InChI=1S/C45H91NO3S/c1-11-36-46-41(47-37-30-24-18-12-15-21-27-33-42(2,3)4)40-45(50,48-38-31-25-19-13-16-22-28-34-43(5,6)7)49-39-32-26-20-14-17-23-29-35-44(8,9)10/h11,36,41,46,50H,12-35,37-40H2,1-10H3. The molecule has 300 valence electrons. The van der Waals surface area contributed by atoms with Crippen molar-refractivity contribution >= 4 is 12.6 Å². The fourth-order valence-corrected chi connectivity index (χ4v) is 6.72. The first kappa shape index (κ1) is 49.8. The van der Waals surface area contributed by atoms with Gasteiger partial charge in [0, 0.05) is 6.61 Å². The minimum Gasteiger partial charge on any atom is -0.366 e. The van der Waals surface area contributed by atoms with E-state index in [1.165, 1.54) is 135 Å². The monoisotopic (exact) mass is 726 g/mol. The number of unbranched alkanes of at least 4 members (excludes halogenated alkanes) is 18. The van der Waals surface area contributed by atoms with Crippen molar-refractivity contribution in [3.05, 3.63) is 12.3 Å². The maximum Gasteiger partial charge on any atom is 0.219 e. The summed E-state index contributed by atoms with van der Waals surface area (Å²) in [7, 11) is 0. The molecule has 1 N–H and O–H groups in total. The molecule has 0 aromatic carbocycles. The van der Waals surface area contributed by atoms with E-state index in [-0.39, 0.29) is 6.23 Å². The van der Waals surface area contributed by atoms with Gasteiger partial charge in [-0.3, -0.25) is 0 Å². The summed E-state index contributed by atoms with van der Waals surface area (Å²) in [5.41, 5.74) is 1.39. The van der Waals surface area contributed by atoms with Gasteiger partial charge >= 0.3 is 0 Å². The SMILES string of the molecule is CC=CNC(CC(S)(OCCCCCCCCCC(C)(C)C)OCCCCCCCCCC(C)(C)C)OCCCCCCCCCC(C)(C)C. The number of ether oxygens (including phenoxy) is 3. The fourth-order valence-electron chi connectivity index (χ4n) is 6.38. The Morgan fingerprint density at radius 1 is 0.460 bits per heavy atom. The molecule has 0 aliphatic carbocycles. The van der Waals surface area contributed by atoms with Gasteiger partial charge in [0.25, 0.3) is 0 Å². The summed E-state index contributed by atoms with van der Waals surface area (Å²) in [6.07, 6.45) is 35.2. The molecular weight excluding hydrogens is 635 g/mol. The Labute approximate surface area is 320 Å². The maximum atomic E-state index is 6.43. The Morgan fingerprint density at radius 2 is 0.760 bits per heavy atom. The van der Waals surface area contributed by atoms with E-state index in [9.17, 15) is 0 Å². The topological polar surface area (TPSA) is 39.7 Å². The number of rotatable bonds is 34. The van der Waals surface area contributed by atoms with Gasteiger partial charge in [-0.2, -0.15) is 0 Å². The van der Waals surface area contributed by atoms with Crippen molar-refractivity contribution < 1.29 is 14.2 Å². The van der Waals surface area contributed by atoms with Crippen molar-refractivity contribution in [3.8, 4) is 0 Å². The van der Waals surface area contributed by atoms with Crippen molar-refractivity contribution in [1.82, 2.24) is 5.32 Å². The van der Waals surface area contributed by atoms with Crippen LogP contribution in [0.25, 0.3) is 0 Å². The molecule has 0 saturated heterocycles. The highest BCUT2D eigenvalue weighted by molar-refractivity contribution is 7.81. The van der Waals surface area contributed by atoms with Crippen LogP contribution in [-0.4, -0.2) is 31.2 Å². The van der Waals surface area contributed by atoms with E-state index in [1.807, 2.05) is 19.2 Å². The van der Waals surface area contributed by atoms with Gasteiger partial charge in [0.1, 0.15) is 6.23 Å². The van der Waals surface area contributed by atoms with Crippen molar-refractivity contribution in [2.75, 3.05) is 19.8 Å². The Bertz CT molecular complexity index is 730. The normalized spacial score (nSPS) is 13.8. The molecule has 0 radical (unpaired) electrons. The minimum atomic E-state index is -0.952. The highest BCUT2D eigenvalue weighted by Gasteiger charge is 2.31. The molecule has 0 heterocycles. The quantitative estimate of drug-likeness (QED) is 0.0394. The molecule has 1 atom stereocenters. The van der Waals surface area contributed by atoms with Gasteiger partial charge in [-0.25, -0.2) is 0 Å². The molecule has 50 heavy (non-hydrogen) atoms. The van der Waals surface area contributed by atoms with Crippen LogP contribution in [0.1, 0.15) is 230 Å². The number of hydrogen-bond acceptors (Lipinski definition) is 5. The lowest BCUT2D eigenvalue weighted by molar-refractivity contribution is -0.192. The molecule has 0 spiro atoms. The van der Waals surface area contributed by atoms with E-state index in [1.54, 1.807) is 0 Å². The Hall–Kier alpha value is -0.230. The maximum absolute atomic E-state index is 6.43. The van der Waals surface area contributed by atoms with Crippen LogP contribution in [0.4, 0.5) is 0 Å². The first-order chi connectivity index (χ1) is 23.6. The highest BCUT2D eigenvalue weighted by atomic mass is 32.1. The van der Waals surface area contributed by atoms with Crippen LogP contribution >= 0.6 is 12.6 Å². The predicted octanol–water partition coefficient (Wildman–Crippen LogP) is 15.0. The second kappa shape index (κ2) is 30.1. The molecule has 0 aromatic heterocycles. The van der Waals surface area contributed by atoms with Gasteiger partial charge in [-0.1, -0.05) is 184 Å². The third-order valence-corrected chi connectivity index (χ3v) is 10.0. The van der Waals surface area contributed by atoms with Crippen LogP contribution in [-0.2, 0) is 14.2 Å². The predicted molar refractivity (Wildman–Crippen MR) is 225 cm³/mol. The second-order valence-electron chi connectivity index (χ2n) is 19.0. The molecule has 0 aliphatic heterocycles. The summed E-state index contributed by atoms with van der Waals surface area (Å²) in [4.78, 5) is 0. The fraction of sp³-hybridized carbons (Fsp3) is 0.956. The number of hydrogen-bond donors (Lipinski definition) is 2. The van der Waals surface area contributed by atoms with Gasteiger partial charge < -0.3 is 19.5 Å². The van der Waals surface area contributed by atoms with Gasteiger partial charge in [-0.05, 0) is 67.9 Å². The van der Waals surface area contributed by atoms with Crippen LogP contribution in [0.5, 0.6) is 0 Å². The van der Waals surface area contributed by atoms with E-state index >= 15 is 0 Å². The zero-order valence-corrected chi connectivity index (χ0v) is 36.6. The summed E-state index contributed by atoms with van der Waals surface area (Å²) in [6, 6.07) is 0. The lowest BCUT2D eigenvalue weighted by Gasteiger charge is -2.32. The third-order valence-electron chi connectivity index (χ3n) is 9.58. The van der Waals surface area contributed by atoms with Gasteiger partial charge in [0.05, 0.1) is 19.6 Å². The molecule has 0 fully saturated rings. The average molecular weight is 726 g/mol. The van der Waals surface area contributed by atoms with Crippen molar-refractivity contribution in [3.63, 3.8) is 0 Å². The van der Waals surface area contributed by atoms with Crippen LogP contribution in [0.2, 0.25) is 0 Å². The van der Waals surface area contributed by atoms with Crippen LogP contribution < -0.4 is 5.32 Å². The first-order valence-corrected chi connectivity index (χ1v) is 22.0. The zero-order valence-electron chi connectivity index (χ0n) is 35.7. The summed E-state index contributed by atoms with van der Waals surface area (Å²) >= 11 is 5.04. The van der Waals surface area contributed by atoms with Crippen molar-refractivity contribution in [2.24, 2.45) is 16.2 Å². The van der Waals surface area contributed by atoms with Crippen LogP contribution in [0.15, 0.2) is 12.3 Å². The number of allylic oxidation sites excluding steroid dienone is 1. The molecule has 0 saturated carbocycles. The van der Waals surface area contributed by atoms with Gasteiger partial charge in [-0.15, -0.1) is 12.6 Å². The van der Waals surface area contributed by atoms with E-state index < -0.39 is 5.12 Å². The minimum absolute atomic E-state index is 0.192. The second-order valence-corrected chi connectivity index (χ2v) is 19.7. The van der Waals surface area contributed by atoms with Gasteiger partial charge in [0.15, 0.2) is 0 Å². The van der Waals surface area contributed by atoms with Crippen LogP contribution in [0, 0.1) is 16.2 Å². The van der Waals surface area contributed by atoms with Crippen LogP contribution in [0.3, 0.4) is 0 Å². The zero-order chi connectivity index (χ0) is 37.6. The molecule has 0 aliphatic rings. The summed E-state index contributed by atoms with van der Waals surface area (Å²) in [5.74, 6) is 0. The Morgan fingerprint density at radius 3 is 1.08 bits per heavy atom. The molecule has 0 aromatic rings. The molecule has 0 rings (SSSR count). The molecule has 1 unspecified atom stereocenters. The highest BCUT2D eigenvalue weighted by Crippen LogP contribution is 2.28. The lowest BCUT2D eigenvalue weighted by atomic mass is 9.89. The van der Waals surface area contributed by atoms with E-state index in [2.05, 4.69) is 67.6 Å². The smallest absolute Gasteiger partial charge is 0.219 e. The summed E-state index contributed by atoms with van der Waals surface area (Å²) < 4.78 is 19.2. The third kappa shape index (κ3) is 37.5. The van der Waals surface area contributed by atoms with E-state index in [4.69, 9.17) is 26.8 Å². The average Bonchev–Trinajstić information content (AvgIpc) is 3.01. The number of nitrogens with one attached hydrogen (secondary N) is 1. The Balaban J connectivity index is 4.67. The molecule has 0 amide bonds. The molecule has 5 heteroatoms. The molecule has 0 bridgehead atoms.